The van der Waals surface area contributed by atoms with Crippen molar-refractivity contribution in [3.63, 3.8) is 0 Å². The van der Waals surface area contributed by atoms with Crippen LogP contribution in [0.2, 0.25) is 0 Å². The van der Waals surface area contributed by atoms with Crippen LogP contribution in [0.4, 0.5) is 5.69 Å². The van der Waals surface area contributed by atoms with Crippen molar-refractivity contribution in [3.8, 4) is 22.7 Å². The van der Waals surface area contributed by atoms with Crippen molar-refractivity contribution in [2.75, 3.05) is 18.2 Å². The number of rotatable bonds is 7. The van der Waals surface area contributed by atoms with Gasteiger partial charge in [0.1, 0.15) is 12.1 Å². The number of amides is 1. The Balaban J connectivity index is 1.36. The molecule has 2 aromatic carbocycles. The summed E-state index contributed by atoms with van der Waals surface area (Å²) in [5, 5.41) is 14.7. The average Bonchev–Trinajstić information content (AvgIpc) is 3.42. The minimum atomic E-state index is -0.110. The number of carbonyl (C=O) groups excluding carboxylic acids is 1. The first-order chi connectivity index (χ1) is 14.6. The average molecular weight is 438 g/mol. The molecule has 1 amide bonds. The van der Waals surface area contributed by atoms with Crippen molar-refractivity contribution in [1.82, 2.24) is 19.7 Å². The van der Waals surface area contributed by atoms with Gasteiger partial charge in [0.15, 0.2) is 5.16 Å². The van der Waals surface area contributed by atoms with Gasteiger partial charge in [0.2, 0.25) is 5.91 Å². The van der Waals surface area contributed by atoms with Crippen molar-refractivity contribution in [2.45, 2.75) is 12.1 Å². The number of hydrogen-bond donors (Lipinski definition) is 1. The van der Waals surface area contributed by atoms with Gasteiger partial charge in [-0.2, -0.15) is 0 Å². The molecule has 9 heteroatoms. The monoisotopic (exact) mass is 437 g/mol. The number of anilines is 1. The molecule has 0 unspecified atom stereocenters. The van der Waals surface area contributed by atoms with Crippen LogP contribution in [0.1, 0.15) is 5.01 Å². The van der Waals surface area contributed by atoms with Crippen LogP contribution >= 0.6 is 23.1 Å². The number of methoxy groups -OCH3 is 1. The summed E-state index contributed by atoms with van der Waals surface area (Å²) >= 11 is 2.94. The van der Waals surface area contributed by atoms with Gasteiger partial charge in [0, 0.05) is 22.3 Å². The molecule has 2 aromatic heterocycles. The largest absolute Gasteiger partial charge is 0.497 e. The van der Waals surface area contributed by atoms with Gasteiger partial charge in [0.05, 0.1) is 23.6 Å². The van der Waals surface area contributed by atoms with Gasteiger partial charge in [-0.15, -0.1) is 21.5 Å². The number of benzene rings is 2. The molecule has 0 aliphatic carbocycles. The Morgan fingerprint density at radius 1 is 1.17 bits per heavy atom. The fraction of sp³-hybridized carbons (Fsp3) is 0.143. The van der Waals surface area contributed by atoms with E-state index in [2.05, 4.69) is 20.5 Å². The van der Waals surface area contributed by atoms with Crippen LogP contribution < -0.4 is 10.1 Å². The molecular formula is C21H19N5O2S2. The number of nitrogens with zero attached hydrogens (tertiary/aromatic N) is 4. The fourth-order valence-electron chi connectivity index (χ4n) is 2.79. The summed E-state index contributed by atoms with van der Waals surface area (Å²) in [5.41, 5.74) is 3.62. The number of thiazole rings is 1. The maximum Gasteiger partial charge on any atom is 0.234 e. The summed E-state index contributed by atoms with van der Waals surface area (Å²) < 4.78 is 7.02. The van der Waals surface area contributed by atoms with Crippen LogP contribution in [0.15, 0.2) is 65.4 Å². The molecule has 0 atom stereocenters. The van der Waals surface area contributed by atoms with Gasteiger partial charge >= 0.3 is 0 Å². The first-order valence-electron chi connectivity index (χ1n) is 9.12. The second-order valence-electron chi connectivity index (χ2n) is 6.35. The normalized spacial score (nSPS) is 10.7. The van der Waals surface area contributed by atoms with Gasteiger partial charge in [-0.3, -0.25) is 9.36 Å². The summed E-state index contributed by atoms with van der Waals surface area (Å²) in [6.45, 7) is 1.98. The molecule has 0 bridgehead atoms. The standard InChI is InChI=1S/C21H19N5O2S2/c1-14-23-19(11-29-14)15-3-5-16(6-4-15)24-20(27)12-30-21-25-22-13-26(21)17-7-9-18(28-2)10-8-17/h3-11,13H,12H2,1-2H3,(H,24,27). The van der Waals surface area contributed by atoms with Gasteiger partial charge in [-0.05, 0) is 43.3 Å². The lowest BCUT2D eigenvalue weighted by atomic mass is 10.1. The Labute approximate surface area is 182 Å². The Hall–Kier alpha value is -3.17. The van der Waals surface area contributed by atoms with Crippen molar-refractivity contribution >= 4 is 34.7 Å². The highest BCUT2D eigenvalue weighted by Crippen LogP contribution is 2.24. The number of aryl methyl sites for hydroxylation is 1. The predicted octanol–water partition coefficient (Wildman–Crippen LogP) is 4.44. The summed E-state index contributed by atoms with van der Waals surface area (Å²) in [6, 6.07) is 15.2. The third kappa shape index (κ3) is 4.69. The van der Waals surface area contributed by atoms with Crippen LogP contribution in [-0.4, -0.2) is 38.5 Å². The van der Waals surface area contributed by atoms with Crippen LogP contribution in [-0.2, 0) is 4.79 Å². The minimum Gasteiger partial charge on any atom is -0.497 e. The first-order valence-corrected chi connectivity index (χ1v) is 11.0. The summed E-state index contributed by atoms with van der Waals surface area (Å²) in [6.07, 6.45) is 1.63. The van der Waals surface area contributed by atoms with Crippen molar-refractivity contribution in [1.29, 1.82) is 0 Å². The summed E-state index contributed by atoms with van der Waals surface area (Å²) in [7, 11) is 1.63. The van der Waals surface area contributed by atoms with Gasteiger partial charge in [0.25, 0.3) is 0 Å². The minimum absolute atomic E-state index is 0.110. The van der Waals surface area contributed by atoms with E-state index in [4.69, 9.17) is 4.74 Å². The predicted molar refractivity (Wildman–Crippen MR) is 120 cm³/mol. The second-order valence-corrected chi connectivity index (χ2v) is 8.35. The number of thioether (sulfide) groups is 1. The molecule has 0 aliphatic heterocycles. The molecule has 0 radical (unpaired) electrons. The molecule has 0 saturated carbocycles. The second kappa shape index (κ2) is 9.10. The number of aromatic nitrogens is 4. The van der Waals surface area contributed by atoms with Crippen molar-refractivity contribution in [3.05, 3.63) is 65.2 Å². The van der Waals surface area contributed by atoms with Crippen LogP contribution in [0.25, 0.3) is 16.9 Å². The molecule has 30 heavy (non-hydrogen) atoms. The number of carbonyl (C=O) groups is 1. The lowest BCUT2D eigenvalue weighted by Gasteiger charge is -2.08. The maximum atomic E-state index is 12.4. The van der Waals surface area contributed by atoms with Crippen LogP contribution in [0.3, 0.4) is 0 Å². The molecule has 4 aromatic rings. The van der Waals surface area contributed by atoms with Gasteiger partial charge < -0.3 is 10.1 Å². The number of ether oxygens (including phenoxy) is 1. The first kappa shape index (κ1) is 20.1. The molecule has 1 N–H and O–H groups in total. The van der Waals surface area contributed by atoms with Gasteiger partial charge in [-0.1, -0.05) is 23.9 Å². The highest BCUT2D eigenvalue weighted by atomic mass is 32.2. The summed E-state index contributed by atoms with van der Waals surface area (Å²) in [4.78, 5) is 16.9. The molecule has 152 valence electrons. The molecule has 0 aliphatic rings. The highest BCUT2D eigenvalue weighted by molar-refractivity contribution is 7.99. The Morgan fingerprint density at radius 2 is 1.93 bits per heavy atom. The molecule has 7 nitrogen and oxygen atoms in total. The molecule has 0 saturated heterocycles. The number of hydrogen-bond acceptors (Lipinski definition) is 7. The number of nitrogens with one attached hydrogen (secondary N) is 1. The smallest absolute Gasteiger partial charge is 0.234 e. The zero-order valence-electron chi connectivity index (χ0n) is 16.4. The molecule has 2 heterocycles. The lowest BCUT2D eigenvalue weighted by Crippen LogP contribution is -2.14. The van der Waals surface area contributed by atoms with E-state index in [0.29, 0.717) is 5.16 Å². The van der Waals surface area contributed by atoms with E-state index in [1.807, 2.05) is 65.4 Å². The van der Waals surface area contributed by atoms with E-state index >= 15 is 0 Å². The third-order valence-electron chi connectivity index (χ3n) is 4.28. The van der Waals surface area contributed by atoms with E-state index in [-0.39, 0.29) is 11.7 Å². The van der Waals surface area contributed by atoms with E-state index in [0.717, 1.165) is 33.4 Å². The van der Waals surface area contributed by atoms with E-state index in [9.17, 15) is 4.79 Å². The van der Waals surface area contributed by atoms with E-state index in [1.165, 1.54) is 11.8 Å². The van der Waals surface area contributed by atoms with Crippen LogP contribution in [0, 0.1) is 6.92 Å². The van der Waals surface area contributed by atoms with E-state index < -0.39 is 0 Å². The molecular weight excluding hydrogens is 418 g/mol. The quantitative estimate of drug-likeness (QED) is 0.431. The van der Waals surface area contributed by atoms with Crippen LogP contribution in [0.5, 0.6) is 5.75 Å². The van der Waals surface area contributed by atoms with E-state index in [1.54, 1.807) is 24.8 Å². The highest BCUT2D eigenvalue weighted by Gasteiger charge is 2.11. The summed E-state index contributed by atoms with van der Waals surface area (Å²) in [5.74, 6) is 0.889. The van der Waals surface area contributed by atoms with Crippen molar-refractivity contribution < 1.29 is 9.53 Å². The topological polar surface area (TPSA) is 81.9 Å². The molecule has 4 rings (SSSR count). The van der Waals surface area contributed by atoms with Gasteiger partial charge in [-0.25, -0.2) is 4.98 Å². The molecule has 0 spiro atoms. The lowest BCUT2D eigenvalue weighted by molar-refractivity contribution is -0.113. The fourth-order valence-corrected chi connectivity index (χ4v) is 4.14. The van der Waals surface area contributed by atoms with Crippen molar-refractivity contribution in [2.24, 2.45) is 0 Å². The molecule has 0 fully saturated rings. The SMILES string of the molecule is COc1ccc(-n2cnnc2SCC(=O)Nc2ccc(-c3csc(C)n3)cc2)cc1. The zero-order valence-corrected chi connectivity index (χ0v) is 18.0. The zero-order chi connectivity index (χ0) is 20.9. The Morgan fingerprint density at radius 3 is 2.60 bits per heavy atom. The maximum absolute atomic E-state index is 12.4. The third-order valence-corrected chi connectivity index (χ3v) is 6.00. The Kier molecular flexibility index (Phi) is 6.10. The Bertz CT molecular complexity index is 1140.